The van der Waals surface area contributed by atoms with Crippen molar-refractivity contribution in [3.05, 3.63) is 74.8 Å². The van der Waals surface area contributed by atoms with E-state index in [0.29, 0.717) is 0 Å². The smallest absolute Gasteiger partial charge is 0.255 e. The Balaban J connectivity index is 1.94. The van der Waals surface area contributed by atoms with Crippen molar-refractivity contribution < 1.29 is 4.79 Å². The van der Waals surface area contributed by atoms with Crippen LogP contribution in [0.25, 0.3) is 4.48 Å². The summed E-state index contributed by atoms with van der Waals surface area (Å²) in [5.74, 6) is 0.161. The highest BCUT2D eigenvalue weighted by atomic mass is 79.9. The van der Waals surface area contributed by atoms with Crippen LogP contribution in [-0.2, 0) is 5.54 Å². The fourth-order valence-corrected chi connectivity index (χ4v) is 5.69. The summed E-state index contributed by atoms with van der Waals surface area (Å²) in [5, 5.41) is 0. The summed E-state index contributed by atoms with van der Waals surface area (Å²) in [6, 6.07) is 14.5. The van der Waals surface area contributed by atoms with E-state index in [9.17, 15) is 4.79 Å². The van der Waals surface area contributed by atoms with Gasteiger partial charge in [-0.05, 0) is 53.3 Å². The number of rotatable bonds is 0. The number of nitrogens with zero attached hydrogens (tertiary/aromatic N) is 1. The van der Waals surface area contributed by atoms with Gasteiger partial charge in [0.2, 0.25) is 0 Å². The Bertz CT molecular complexity index is 917. The second kappa shape index (κ2) is 4.58. The van der Waals surface area contributed by atoms with Crippen LogP contribution in [-0.4, -0.2) is 17.4 Å². The normalized spacial score (nSPS) is 24.4. The molecule has 0 N–H and O–H groups in total. The van der Waals surface area contributed by atoms with Gasteiger partial charge in [-0.15, -0.1) is 0 Å². The Morgan fingerprint density at radius 1 is 1.00 bits per heavy atom. The molecule has 0 bridgehead atoms. The minimum atomic E-state index is -0.402. The average Bonchev–Trinajstić information content (AvgIpc) is 2.98. The molecule has 2 aromatic carbocycles. The van der Waals surface area contributed by atoms with Gasteiger partial charge in [-0.2, -0.15) is 0 Å². The van der Waals surface area contributed by atoms with Gasteiger partial charge in [0.05, 0.1) is 0 Å². The molecule has 2 aliphatic heterocycles. The molecule has 0 aromatic heterocycles. The summed E-state index contributed by atoms with van der Waals surface area (Å²) in [6.07, 6.45) is 2.03. The van der Waals surface area contributed by atoms with Gasteiger partial charge < -0.3 is 4.90 Å². The standard InChI is InChI=1S/C19H13Br2NO/c20-11-7-8-15-13(10-11)17(21)16-6-3-9-22-18(23)12-4-1-2-5-14(12)19(15,16)22/h1-2,4-5,7-8,10H,3,6,9H2. The van der Waals surface area contributed by atoms with Gasteiger partial charge in [0.15, 0.2) is 0 Å². The molecular formula is C19H13Br2NO. The lowest BCUT2D eigenvalue weighted by atomic mass is 9.76. The monoisotopic (exact) mass is 429 g/mol. The van der Waals surface area contributed by atoms with Gasteiger partial charge in [0.25, 0.3) is 5.91 Å². The van der Waals surface area contributed by atoms with Gasteiger partial charge in [-0.3, -0.25) is 4.79 Å². The third-order valence-corrected chi connectivity index (χ3v) is 6.71. The Morgan fingerprint density at radius 3 is 2.65 bits per heavy atom. The summed E-state index contributed by atoms with van der Waals surface area (Å²) in [6.45, 7) is 0.812. The van der Waals surface area contributed by atoms with Crippen LogP contribution in [0.4, 0.5) is 0 Å². The van der Waals surface area contributed by atoms with Crippen LogP contribution in [0.3, 0.4) is 0 Å². The van der Waals surface area contributed by atoms with Crippen LogP contribution < -0.4 is 0 Å². The first kappa shape index (κ1) is 14.0. The molecular weight excluding hydrogens is 418 g/mol. The Kier molecular flexibility index (Phi) is 2.79. The molecule has 4 heteroatoms. The highest BCUT2D eigenvalue weighted by molar-refractivity contribution is 9.15. The summed E-state index contributed by atoms with van der Waals surface area (Å²) >= 11 is 7.42. The summed E-state index contributed by atoms with van der Waals surface area (Å²) in [4.78, 5) is 15.1. The molecule has 0 saturated carbocycles. The number of hydrogen-bond acceptors (Lipinski definition) is 1. The third-order valence-electron chi connectivity index (χ3n) is 5.32. The van der Waals surface area contributed by atoms with E-state index in [-0.39, 0.29) is 5.91 Å². The fraction of sp³-hybridized carbons (Fsp3) is 0.211. The number of carbonyl (C=O) groups excluding carboxylic acids is 1. The molecule has 0 radical (unpaired) electrons. The zero-order valence-corrected chi connectivity index (χ0v) is 15.4. The predicted octanol–water partition coefficient (Wildman–Crippen LogP) is 5.06. The van der Waals surface area contributed by atoms with E-state index < -0.39 is 5.54 Å². The maximum absolute atomic E-state index is 13.0. The zero-order chi connectivity index (χ0) is 15.8. The van der Waals surface area contributed by atoms with E-state index in [4.69, 9.17) is 0 Å². The molecule has 1 unspecified atom stereocenters. The molecule has 1 amide bonds. The van der Waals surface area contributed by atoms with Gasteiger partial charge in [0.1, 0.15) is 5.54 Å². The first-order valence-electron chi connectivity index (χ1n) is 7.76. The molecule has 114 valence electrons. The van der Waals surface area contributed by atoms with Crippen molar-refractivity contribution in [2.45, 2.75) is 18.4 Å². The Hall–Kier alpha value is -1.39. The maximum Gasteiger partial charge on any atom is 0.255 e. The van der Waals surface area contributed by atoms with Crippen LogP contribution in [0.1, 0.15) is 39.9 Å². The van der Waals surface area contributed by atoms with Crippen LogP contribution >= 0.6 is 31.9 Å². The van der Waals surface area contributed by atoms with Crippen LogP contribution in [0, 0.1) is 0 Å². The van der Waals surface area contributed by atoms with Crippen molar-refractivity contribution >= 4 is 42.2 Å². The fourth-order valence-electron chi connectivity index (χ4n) is 4.52. The van der Waals surface area contributed by atoms with E-state index in [0.717, 1.165) is 39.5 Å². The lowest BCUT2D eigenvalue weighted by molar-refractivity contribution is 0.0634. The highest BCUT2D eigenvalue weighted by Gasteiger charge is 2.58. The Labute approximate surface area is 151 Å². The van der Waals surface area contributed by atoms with Gasteiger partial charge >= 0.3 is 0 Å². The second-order valence-corrected chi connectivity index (χ2v) is 8.01. The molecule has 3 aliphatic rings. The van der Waals surface area contributed by atoms with Crippen molar-refractivity contribution in [1.82, 2.24) is 4.90 Å². The third kappa shape index (κ3) is 1.52. The molecule has 1 fully saturated rings. The van der Waals surface area contributed by atoms with E-state index >= 15 is 0 Å². The number of carbonyl (C=O) groups is 1. The molecule has 23 heavy (non-hydrogen) atoms. The van der Waals surface area contributed by atoms with E-state index in [2.05, 4.69) is 61.0 Å². The summed E-state index contributed by atoms with van der Waals surface area (Å²) in [5.41, 5.74) is 5.34. The summed E-state index contributed by atoms with van der Waals surface area (Å²) < 4.78 is 2.22. The number of fused-ring (bicyclic) bond motifs is 2. The summed E-state index contributed by atoms with van der Waals surface area (Å²) in [7, 11) is 0. The van der Waals surface area contributed by atoms with Gasteiger partial charge in [0, 0.05) is 21.1 Å². The maximum atomic E-state index is 13.0. The molecule has 1 spiro atoms. The van der Waals surface area contributed by atoms with Gasteiger partial charge in [-0.1, -0.05) is 56.1 Å². The van der Waals surface area contributed by atoms with Crippen LogP contribution in [0.15, 0.2) is 52.5 Å². The first-order valence-corrected chi connectivity index (χ1v) is 9.35. The average molecular weight is 431 g/mol. The van der Waals surface area contributed by atoms with E-state index in [1.165, 1.54) is 16.7 Å². The highest BCUT2D eigenvalue weighted by Crippen LogP contribution is 2.60. The van der Waals surface area contributed by atoms with Gasteiger partial charge in [-0.25, -0.2) is 0 Å². The predicted molar refractivity (Wildman–Crippen MR) is 97.5 cm³/mol. The van der Waals surface area contributed by atoms with Crippen molar-refractivity contribution in [2.75, 3.05) is 6.54 Å². The molecule has 2 heterocycles. The number of piperidine rings is 1. The van der Waals surface area contributed by atoms with Crippen molar-refractivity contribution in [2.24, 2.45) is 0 Å². The zero-order valence-electron chi connectivity index (χ0n) is 12.3. The number of hydrogen-bond donors (Lipinski definition) is 0. The van der Waals surface area contributed by atoms with E-state index in [1.807, 2.05) is 18.2 Å². The SMILES string of the molecule is O=C1c2ccccc2C23C(=C(Br)c4cc(Br)ccc42)CCCN13. The van der Waals surface area contributed by atoms with Crippen molar-refractivity contribution in [1.29, 1.82) is 0 Å². The quantitative estimate of drug-likeness (QED) is 0.571. The lowest BCUT2D eigenvalue weighted by Gasteiger charge is -2.43. The molecule has 2 nitrogen and oxygen atoms in total. The van der Waals surface area contributed by atoms with Crippen LogP contribution in [0.5, 0.6) is 0 Å². The molecule has 1 saturated heterocycles. The first-order chi connectivity index (χ1) is 11.2. The number of halogens is 2. The molecule has 2 aromatic rings. The molecule has 1 aliphatic carbocycles. The van der Waals surface area contributed by atoms with Crippen molar-refractivity contribution in [3.63, 3.8) is 0 Å². The van der Waals surface area contributed by atoms with Crippen molar-refractivity contribution in [3.8, 4) is 0 Å². The minimum absolute atomic E-state index is 0.161. The molecule has 1 atom stereocenters. The molecule has 5 rings (SSSR count). The second-order valence-electron chi connectivity index (χ2n) is 6.30. The van der Waals surface area contributed by atoms with E-state index in [1.54, 1.807) is 0 Å². The largest absolute Gasteiger partial charge is 0.321 e. The van der Waals surface area contributed by atoms with Crippen LogP contribution in [0.2, 0.25) is 0 Å². The lowest BCUT2D eigenvalue weighted by Crippen LogP contribution is -2.48. The Morgan fingerprint density at radius 2 is 1.78 bits per heavy atom. The number of benzene rings is 2. The minimum Gasteiger partial charge on any atom is -0.321 e. The number of amides is 1. The topological polar surface area (TPSA) is 20.3 Å².